The van der Waals surface area contributed by atoms with Crippen LogP contribution in [0.5, 0.6) is 0 Å². The van der Waals surface area contributed by atoms with Gasteiger partial charge in [-0.15, -0.1) is 0 Å². The maximum Gasteiger partial charge on any atom is 0.151 e. The van der Waals surface area contributed by atoms with Crippen molar-refractivity contribution in [2.75, 3.05) is 24.2 Å². The Bertz CT molecular complexity index is 381. The Labute approximate surface area is 90.3 Å². The van der Waals surface area contributed by atoms with Gasteiger partial charge in [-0.25, -0.2) is 4.98 Å². The molecule has 1 aromatic rings. The van der Waals surface area contributed by atoms with Crippen molar-refractivity contribution in [3.8, 4) is 6.07 Å². The second-order valence-corrected chi connectivity index (χ2v) is 3.84. The molecule has 4 heteroatoms. The number of aryl methyl sites for hydroxylation is 1. The number of nitrogens with two attached hydrogens (primary N) is 1. The van der Waals surface area contributed by atoms with E-state index < -0.39 is 0 Å². The average Bonchev–Trinajstić information content (AvgIpc) is 2.17. The zero-order valence-corrected chi connectivity index (χ0v) is 9.36. The van der Waals surface area contributed by atoms with Crippen LogP contribution in [0.1, 0.15) is 12.5 Å². The first kappa shape index (κ1) is 11.3. The normalized spacial score (nSPS) is 11.9. The third-order valence-electron chi connectivity index (χ3n) is 2.16. The van der Waals surface area contributed by atoms with Crippen LogP contribution in [0.3, 0.4) is 0 Å². The summed E-state index contributed by atoms with van der Waals surface area (Å²) in [7, 11) is 1.89. The predicted molar refractivity (Wildman–Crippen MR) is 61.4 cm³/mol. The number of nitrogens with zero attached hydrogens (tertiary/aromatic N) is 3. The lowest BCUT2D eigenvalue weighted by molar-refractivity contribution is 0.711. The van der Waals surface area contributed by atoms with Crippen LogP contribution in [0.4, 0.5) is 11.5 Å². The Hall–Kier alpha value is -1.76. The molecule has 15 heavy (non-hydrogen) atoms. The summed E-state index contributed by atoms with van der Waals surface area (Å²) in [4.78, 5) is 6.16. The number of nitrogen functional groups attached to an aromatic ring is 1. The molecule has 1 rings (SSSR count). The lowest BCUT2D eigenvalue weighted by Gasteiger charge is -2.20. The van der Waals surface area contributed by atoms with Gasteiger partial charge < -0.3 is 10.6 Å². The molecule has 0 fully saturated rings. The lowest BCUT2D eigenvalue weighted by Crippen LogP contribution is -2.25. The van der Waals surface area contributed by atoms with Crippen molar-refractivity contribution in [3.63, 3.8) is 0 Å². The van der Waals surface area contributed by atoms with Gasteiger partial charge in [0.2, 0.25) is 0 Å². The minimum Gasteiger partial charge on any atom is -0.396 e. The van der Waals surface area contributed by atoms with E-state index in [-0.39, 0.29) is 5.92 Å². The summed E-state index contributed by atoms with van der Waals surface area (Å²) < 4.78 is 0. The molecule has 0 aliphatic carbocycles. The summed E-state index contributed by atoms with van der Waals surface area (Å²) in [5.74, 6) is 0.709. The minimum atomic E-state index is -0.0301. The van der Waals surface area contributed by atoms with Gasteiger partial charge in [0.1, 0.15) is 0 Å². The van der Waals surface area contributed by atoms with Crippen molar-refractivity contribution < 1.29 is 0 Å². The van der Waals surface area contributed by atoms with Crippen LogP contribution in [0, 0.1) is 24.2 Å². The van der Waals surface area contributed by atoms with Gasteiger partial charge in [-0.05, 0) is 25.5 Å². The molecule has 2 N–H and O–H groups in total. The maximum atomic E-state index is 8.72. The molecular weight excluding hydrogens is 188 g/mol. The fourth-order valence-electron chi connectivity index (χ4n) is 1.44. The number of anilines is 2. The van der Waals surface area contributed by atoms with E-state index in [0.717, 1.165) is 11.4 Å². The van der Waals surface area contributed by atoms with Crippen molar-refractivity contribution in [3.05, 3.63) is 17.8 Å². The predicted octanol–water partition coefficient (Wildman–Crippen LogP) is 1.57. The highest BCUT2D eigenvalue weighted by molar-refractivity contribution is 5.62. The van der Waals surface area contributed by atoms with E-state index in [2.05, 4.69) is 11.1 Å². The van der Waals surface area contributed by atoms with Gasteiger partial charge in [0.25, 0.3) is 0 Å². The van der Waals surface area contributed by atoms with E-state index in [1.165, 1.54) is 0 Å². The molecule has 1 aromatic heterocycles. The first-order chi connectivity index (χ1) is 7.04. The Balaban J connectivity index is 2.83. The zero-order valence-electron chi connectivity index (χ0n) is 9.36. The van der Waals surface area contributed by atoms with Gasteiger partial charge in [-0.1, -0.05) is 0 Å². The number of hydrogen-bond donors (Lipinski definition) is 1. The topological polar surface area (TPSA) is 65.9 Å². The molecule has 0 saturated heterocycles. The Morgan fingerprint density at radius 3 is 2.87 bits per heavy atom. The minimum absolute atomic E-state index is 0.0301. The number of rotatable bonds is 3. The zero-order chi connectivity index (χ0) is 11.4. The monoisotopic (exact) mass is 204 g/mol. The summed E-state index contributed by atoms with van der Waals surface area (Å²) >= 11 is 0. The summed E-state index contributed by atoms with van der Waals surface area (Å²) in [5, 5.41) is 8.72. The van der Waals surface area contributed by atoms with Crippen LogP contribution in [0.15, 0.2) is 12.3 Å². The molecule has 1 heterocycles. The van der Waals surface area contributed by atoms with Crippen molar-refractivity contribution in [2.45, 2.75) is 13.8 Å². The number of nitriles is 1. The van der Waals surface area contributed by atoms with Crippen LogP contribution in [-0.4, -0.2) is 18.6 Å². The second-order valence-electron chi connectivity index (χ2n) is 3.84. The fourth-order valence-corrected chi connectivity index (χ4v) is 1.44. The van der Waals surface area contributed by atoms with Crippen LogP contribution in [-0.2, 0) is 0 Å². The van der Waals surface area contributed by atoms with Gasteiger partial charge in [0.15, 0.2) is 5.82 Å². The quantitative estimate of drug-likeness (QED) is 0.811. The summed E-state index contributed by atoms with van der Waals surface area (Å²) in [6.45, 7) is 4.46. The van der Waals surface area contributed by atoms with Crippen molar-refractivity contribution >= 4 is 11.5 Å². The molecule has 0 aliphatic heterocycles. The van der Waals surface area contributed by atoms with E-state index >= 15 is 0 Å². The molecule has 0 spiro atoms. The van der Waals surface area contributed by atoms with Gasteiger partial charge in [0.05, 0.1) is 17.7 Å². The van der Waals surface area contributed by atoms with Gasteiger partial charge in [0, 0.05) is 19.8 Å². The number of hydrogen-bond acceptors (Lipinski definition) is 4. The Morgan fingerprint density at radius 1 is 1.67 bits per heavy atom. The third-order valence-corrected chi connectivity index (χ3v) is 2.16. The largest absolute Gasteiger partial charge is 0.396 e. The SMILES string of the molecule is Cc1cnc(N(C)CC(C)C#N)c(N)c1. The van der Waals surface area contributed by atoms with Gasteiger partial charge in [-0.3, -0.25) is 0 Å². The smallest absolute Gasteiger partial charge is 0.151 e. The van der Waals surface area contributed by atoms with E-state index in [9.17, 15) is 0 Å². The van der Waals surface area contributed by atoms with Crippen LogP contribution >= 0.6 is 0 Å². The summed E-state index contributed by atoms with van der Waals surface area (Å²) in [6.07, 6.45) is 1.78. The second kappa shape index (κ2) is 4.65. The molecule has 0 saturated carbocycles. The van der Waals surface area contributed by atoms with Crippen molar-refractivity contribution in [2.24, 2.45) is 5.92 Å². The maximum absolute atomic E-state index is 8.72. The standard InChI is InChI=1S/C11H16N4/c1-8-4-10(13)11(14-6-8)15(3)7-9(2)5-12/h4,6,9H,7,13H2,1-3H3. The molecule has 1 unspecified atom stereocenters. The lowest BCUT2D eigenvalue weighted by atomic mass is 10.2. The number of pyridine rings is 1. The fraction of sp³-hybridized carbons (Fsp3) is 0.455. The van der Waals surface area contributed by atoms with Crippen molar-refractivity contribution in [1.82, 2.24) is 4.98 Å². The number of aromatic nitrogens is 1. The van der Waals surface area contributed by atoms with Crippen molar-refractivity contribution in [1.29, 1.82) is 5.26 Å². The molecule has 1 atom stereocenters. The van der Waals surface area contributed by atoms with E-state index in [4.69, 9.17) is 11.0 Å². The molecule has 4 nitrogen and oxygen atoms in total. The molecule has 80 valence electrons. The molecule has 0 aliphatic rings. The third kappa shape index (κ3) is 2.84. The molecule has 0 radical (unpaired) electrons. The Kier molecular flexibility index (Phi) is 3.51. The van der Waals surface area contributed by atoms with Gasteiger partial charge in [-0.2, -0.15) is 5.26 Å². The molecule has 0 aromatic carbocycles. The molecule has 0 bridgehead atoms. The summed E-state index contributed by atoms with van der Waals surface area (Å²) in [6, 6.07) is 4.07. The van der Waals surface area contributed by atoms with Gasteiger partial charge >= 0.3 is 0 Å². The average molecular weight is 204 g/mol. The highest BCUT2D eigenvalue weighted by Gasteiger charge is 2.10. The molecular formula is C11H16N4. The van der Waals surface area contributed by atoms with Crippen LogP contribution < -0.4 is 10.6 Å². The first-order valence-electron chi connectivity index (χ1n) is 4.87. The Morgan fingerprint density at radius 2 is 2.33 bits per heavy atom. The van der Waals surface area contributed by atoms with Crippen LogP contribution in [0.25, 0.3) is 0 Å². The van der Waals surface area contributed by atoms with Crippen LogP contribution in [0.2, 0.25) is 0 Å². The van der Waals surface area contributed by atoms with E-state index in [0.29, 0.717) is 12.2 Å². The van der Waals surface area contributed by atoms with E-state index in [1.807, 2.05) is 31.9 Å². The highest BCUT2D eigenvalue weighted by Crippen LogP contribution is 2.20. The first-order valence-corrected chi connectivity index (χ1v) is 4.87. The molecule has 0 amide bonds. The van der Waals surface area contributed by atoms with E-state index in [1.54, 1.807) is 6.20 Å². The summed E-state index contributed by atoms with van der Waals surface area (Å²) in [5.41, 5.74) is 7.55. The highest BCUT2D eigenvalue weighted by atomic mass is 15.2.